The Hall–Kier alpha value is -1.73. The van der Waals surface area contributed by atoms with Gasteiger partial charge in [0.1, 0.15) is 11.6 Å². The van der Waals surface area contributed by atoms with E-state index in [9.17, 15) is 28.3 Å². The second-order valence-electron chi connectivity index (χ2n) is 9.00. The van der Waals surface area contributed by atoms with Crippen LogP contribution in [0.5, 0.6) is 0 Å². The highest BCUT2D eigenvalue weighted by Crippen LogP contribution is 2.63. The molecule has 0 aromatic heterocycles. The summed E-state index contributed by atoms with van der Waals surface area (Å²) in [6.45, 7) is 4.06. The molecule has 152 valence electrons. The van der Waals surface area contributed by atoms with Gasteiger partial charge in [-0.1, -0.05) is 13.8 Å². The molecule has 4 rings (SSSR count). The van der Waals surface area contributed by atoms with Gasteiger partial charge in [0.15, 0.2) is 6.10 Å². The van der Waals surface area contributed by atoms with E-state index in [1.807, 2.05) is 0 Å². The molecule has 4 aliphatic carbocycles. The number of alkyl halides is 2. The fourth-order valence-corrected chi connectivity index (χ4v) is 5.83. The van der Waals surface area contributed by atoms with Gasteiger partial charge in [-0.3, -0.25) is 9.59 Å². The fraction of sp³-hybridized carbons (Fsp3) is 0.842. The lowest BCUT2D eigenvalue weighted by Gasteiger charge is -2.59. The molecule has 3 unspecified atom stereocenters. The second kappa shape index (κ2) is 6.41. The van der Waals surface area contributed by atoms with Crippen LogP contribution in [-0.2, 0) is 23.9 Å². The van der Waals surface area contributed by atoms with Gasteiger partial charge in [-0.25, -0.2) is 0 Å². The zero-order valence-electron chi connectivity index (χ0n) is 15.8. The van der Waals surface area contributed by atoms with Crippen LogP contribution < -0.4 is 5.11 Å². The number of rotatable bonds is 6. The van der Waals surface area contributed by atoms with Gasteiger partial charge in [-0.15, -0.1) is 0 Å². The third-order valence-electron chi connectivity index (χ3n) is 6.27. The zero-order valence-corrected chi connectivity index (χ0v) is 15.8. The lowest BCUT2D eigenvalue weighted by atomic mass is 9.48. The highest BCUT2D eigenvalue weighted by molar-refractivity contribution is 5.80. The molecule has 4 saturated carbocycles. The molecule has 0 amide bonds. The summed E-state index contributed by atoms with van der Waals surface area (Å²) < 4.78 is 38.8. The van der Waals surface area contributed by atoms with Gasteiger partial charge in [-0.2, -0.15) is 8.78 Å². The van der Waals surface area contributed by atoms with Crippen LogP contribution in [0.25, 0.3) is 0 Å². The number of hydrogen-bond donors (Lipinski definition) is 0. The van der Waals surface area contributed by atoms with Crippen molar-refractivity contribution in [3.8, 4) is 0 Å². The summed E-state index contributed by atoms with van der Waals surface area (Å²) in [7, 11) is 0. The van der Waals surface area contributed by atoms with Gasteiger partial charge in [0.25, 0.3) is 0 Å². The van der Waals surface area contributed by atoms with Crippen LogP contribution in [0, 0.1) is 23.2 Å². The molecule has 8 heteroatoms. The fourth-order valence-electron chi connectivity index (χ4n) is 5.83. The van der Waals surface area contributed by atoms with Crippen LogP contribution in [-0.4, -0.2) is 35.5 Å². The highest BCUT2D eigenvalue weighted by atomic mass is 19.3. The van der Waals surface area contributed by atoms with Crippen molar-refractivity contribution in [1.29, 1.82) is 0 Å². The van der Waals surface area contributed by atoms with Crippen molar-refractivity contribution in [3.05, 3.63) is 0 Å². The van der Waals surface area contributed by atoms with Crippen LogP contribution in [0.3, 0.4) is 0 Å². The highest BCUT2D eigenvalue weighted by Gasteiger charge is 2.63. The molecule has 6 nitrogen and oxygen atoms in total. The molecule has 3 atom stereocenters. The lowest BCUT2D eigenvalue weighted by molar-refractivity contribution is -0.338. The van der Waals surface area contributed by atoms with Gasteiger partial charge in [-0.05, 0) is 49.9 Å². The zero-order chi connectivity index (χ0) is 20.2. The molecule has 0 aliphatic heterocycles. The summed E-state index contributed by atoms with van der Waals surface area (Å²) in [4.78, 5) is 35.4. The standard InChI is InChI=1S/C19H26F2O6/c1-10(2)14(19(20,21)15(23)24)26-16(25)17-5-12-4-13(6-17)8-18(7-12,9-17)27-11(3)22/h10,12-14H,4-9H2,1-3H3,(H,23,24)/p-1. The minimum atomic E-state index is -4.28. The summed E-state index contributed by atoms with van der Waals surface area (Å²) in [5.74, 6) is -8.65. The number of carboxylic acid groups (broad SMARTS) is 1. The molecule has 0 spiro atoms. The first-order valence-corrected chi connectivity index (χ1v) is 9.39. The number of carbonyl (C=O) groups is 3. The van der Waals surface area contributed by atoms with Gasteiger partial charge >= 0.3 is 17.9 Å². The number of ether oxygens (including phenoxy) is 2. The summed E-state index contributed by atoms with van der Waals surface area (Å²) in [6.07, 6.45) is 1.38. The molecule has 27 heavy (non-hydrogen) atoms. The van der Waals surface area contributed by atoms with E-state index < -0.39 is 46.9 Å². The molecule has 4 aliphatic rings. The maximum atomic E-state index is 14.0. The van der Waals surface area contributed by atoms with E-state index in [0.29, 0.717) is 25.7 Å². The van der Waals surface area contributed by atoms with Crippen molar-refractivity contribution in [3.63, 3.8) is 0 Å². The van der Waals surface area contributed by atoms with Gasteiger partial charge in [0.05, 0.1) is 5.41 Å². The predicted octanol–water partition coefficient (Wildman–Crippen LogP) is 1.84. The second-order valence-corrected chi connectivity index (χ2v) is 9.00. The Balaban J connectivity index is 1.85. The Bertz CT molecular complexity index is 645. The quantitative estimate of drug-likeness (QED) is 0.646. The topological polar surface area (TPSA) is 92.7 Å². The van der Waals surface area contributed by atoms with Crippen LogP contribution in [0.1, 0.15) is 59.3 Å². The van der Waals surface area contributed by atoms with E-state index in [2.05, 4.69) is 0 Å². The normalized spacial score (nSPS) is 35.8. The molecular formula is C19H25F2O6-. The Morgan fingerprint density at radius 3 is 2.11 bits per heavy atom. The molecule has 0 saturated heterocycles. The van der Waals surface area contributed by atoms with Crippen LogP contribution in [0.15, 0.2) is 0 Å². The Morgan fingerprint density at radius 1 is 1.11 bits per heavy atom. The van der Waals surface area contributed by atoms with E-state index in [-0.39, 0.29) is 18.3 Å². The molecule has 4 bridgehead atoms. The number of carboxylic acids is 1. The summed E-state index contributed by atoms with van der Waals surface area (Å²) in [6, 6.07) is 0. The van der Waals surface area contributed by atoms with Crippen LogP contribution >= 0.6 is 0 Å². The minimum absolute atomic E-state index is 0.164. The monoisotopic (exact) mass is 387 g/mol. The number of aliphatic carboxylic acids is 1. The third kappa shape index (κ3) is 3.43. The molecule has 0 heterocycles. The van der Waals surface area contributed by atoms with Crippen LogP contribution in [0.2, 0.25) is 0 Å². The average Bonchev–Trinajstić information content (AvgIpc) is 2.48. The predicted molar refractivity (Wildman–Crippen MR) is 86.3 cm³/mol. The Labute approximate surface area is 156 Å². The number of esters is 2. The van der Waals surface area contributed by atoms with Gasteiger partial charge in [0, 0.05) is 13.3 Å². The summed E-state index contributed by atoms with van der Waals surface area (Å²) >= 11 is 0. The van der Waals surface area contributed by atoms with Crippen molar-refractivity contribution in [2.45, 2.75) is 76.9 Å². The first-order chi connectivity index (χ1) is 12.4. The first kappa shape index (κ1) is 20.0. The summed E-state index contributed by atoms with van der Waals surface area (Å²) in [5.41, 5.74) is -1.76. The maximum Gasteiger partial charge on any atom is 0.323 e. The Kier molecular flexibility index (Phi) is 4.75. The molecule has 4 fully saturated rings. The number of halogens is 2. The van der Waals surface area contributed by atoms with E-state index in [1.54, 1.807) is 0 Å². The van der Waals surface area contributed by atoms with Crippen LogP contribution in [0.4, 0.5) is 8.78 Å². The molecule has 0 aromatic rings. The van der Waals surface area contributed by atoms with Crippen molar-refractivity contribution in [1.82, 2.24) is 0 Å². The van der Waals surface area contributed by atoms with E-state index in [1.165, 1.54) is 20.8 Å². The van der Waals surface area contributed by atoms with Gasteiger partial charge < -0.3 is 19.4 Å². The lowest BCUT2D eigenvalue weighted by Crippen LogP contribution is -2.61. The first-order valence-electron chi connectivity index (χ1n) is 9.39. The number of carbonyl (C=O) groups excluding carboxylic acids is 3. The molecular weight excluding hydrogens is 362 g/mol. The smallest absolute Gasteiger partial charge is 0.323 e. The molecule has 0 aromatic carbocycles. The molecule has 0 N–H and O–H groups in total. The Morgan fingerprint density at radius 2 is 1.67 bits per heavy atom. The molecule has 0 radical (unpaired) electrons. The van der Waals surface area contributed by atoms with E-state index >= 15 is 0 Å². The third-order valence-corrected chi connectivity index (χ3v) is 6.27. The van der Waals surface area contributed by atoms with E-state index in [4.69, 9.17) is 9.47 Å². The van der Waals surface area contributed by atoms with Crippen molar-refractivity contribution >= 4 is 17.9 Å². The SMILES string of the molecule is CC(=O)OC12CC3CC(C1)CC(C(=O)OC(C(C)C)C(F)(F)C(=O)[O-])(C3)C2. The summed E-state index contributed by atoms with van der Waals surface area (Å²) in [5, 5.41) is 10.9. The van der Waals surface area contributed by atoms with Gasteiger partial charge in [0.2, 0.25) is 0 Å². The number of hydrogen-bond acceptors (Lipinski definition) is 6. The van der Waals surface area contributed by atoms with E-state index in [0.717, 1.165) is 6.42 Å². The van der Waals surface area contributed by atoms with Crippen molar-refractivity contribution < 1.29 is 37.7 Å². The average molecular weight is 387 g/mol. The largest absolute Gasteiger partial charge is 0.544 e. The minimum Gasteiger partial charge on any atom is -0.544 e. The maximum absolute atomic E-state index is 14.0. The van der Waals surface area contributed by atoms with Crippen molar-refractivity contribution in [2.75, 3.05) is 0 Å². The van der Waals surface area contributed by atoms with Crippen molar-refractivity contribution in [2.24, 2.45) is 23.2 Å².